The lowest BCUT2D eigenvalue weighted by molar-refractivity contribution is -0.957. The zero-order valence-electron chi connectivity index (χ0n) is 10.4. The van der Waals surface area contributed by atoms with Crippen LogP contribution in [0.4, 0.5) is 0 Å². The minimum Gasteiger partial charge on any atom is -0.339 e. The summed E-state index contributed by atoms with van der Waals surface area (Å²) >= 11 is 0. The molecule has 96 valence electrons. The van der Waals surface area contributed by atoms with E-state index in [-0.39, 0.29) is 14.9 Å². The maximum absolute atomic E-state index is 11.3. The largest absolute Gasteiger partial charge is 0.339 e. The fourth-order valence-electron chi connectivity index (χ4n) is 1.44. The van der Waals surface area contributed by atoms with Crippen molar-refractivity contribution < 1.29 is 22.6 Å². The van der Waals surface area contributed by atoms with Crippen molar-refractivity contribution >= 4 is 10.1 Å². The fourth-order valence-corrected chi connectivity index (χ4v) is 2.23. The molecular formula is C11H18NO4S+. The third-order valence-electron chi connectivity index (χ3n) is 2.98. The van der Waals surface area contributed by atoms with Gasteiger partial charge in [0.05, 0.1) is 26.7 Å². The molecule has 0 aliphatic rings. The van der Waals surface area contributed by atoms with Crippen molar-refractivity contribution in [2.75, 3.05) is 21.1 Å². The molecule has 6 heteroatoms. The molecule has 2 N–H and O–H groups in total. The highest BCUT2D eigenvalue weighted by molar-refractivity contribution is 7.85. The Morgan fingerprint density at radius 1 is 1.18 bits per heavy atom. The van der Waals surface area contributed by atoms with Gasteiger partial charge in [0.1, 0.15) is 4.90 Å². The molecule has 1 unspecified atom stereocenters. The average molecular weight is 260 g/mol. The molecule has 5 nitrogen and oxygen atoms in total. The first-order chi connectivity index (χ1) is 7.48. The minimum atomic E-state index is -4.35. The molecule has 1 atom stereocenters. The van der Waals surface area contributed by atoms with Crippen LogP contribution >= 0.6 is 0 Å². The Hall–Kier alpha value is -0.950. The first-order valence-electron chi connectivity index (χ1n) is 5.09. The number of hydrogen-bond donors (Lipinski definition) is 2. The molecular weight excluding hydrogens is 242 g/mol. The van der Waals surface area contributed by atoms with Gasteiger partial charge in [-0.1, -0.05) is 12.1 Å². The van der Waals surface area contributed by atoms with Gasteiger partial charge >= 0.3 is 0 Å². The predicted octanol–water partition coefficient (Wildman–Crippen LogP) is 0.804. The van der Waals surface area contributed by atoms with E-state index in [1.54, 1.807) is 27.2 Å². The second-order valence-electron chi connectivity index (χ2n) is 5.00. The maximum atomic E-state index is 11.3. The molecule has 1 rings (SSSR count). The third-order valence-corrected chi connectivity index (χ3v) is 3.89. The number of benzene rings is 1. The second-order valence-corrected chi connectivity index (χ2v) is 6.39. The number of quaternary nitrogens is 1. The highest BCUT2D eigenvalue weighted by Crippen LogP contribution is 2.32. The van der Waals surface area contributed by atoms with Crippen LogP contribution in [0.3, 0.4) is 0 Å². The van der Waals surface area contributed by atoms with E-state index in [1.807, 2.05) is 0 Å². The number of nitrogens with zero attached hydrogens (tertiary/aromatic N) is 1. The highest BCUT2D eigenvalue weighted by atomic mass is 32.2. The van der Waals surface area contributed by atoms with E-state index >= 15 is 0 Å². The highest BCUT2D eigenvalue weighted by Gasteiger charge is 2.41. The Bertz CT molecular complexity index is 515. The number of hydrogen-bond acceptors (Lipinski definition) is 3. The Labute approximate surface area is 102 Å². The number of rotatable bonds is 3. The van der Waals surface area contributed by atoms with E-state index in [0.717, 1.165) is 0 Å². The van der Waals surface area contributed by atoms with Gasteiger partial charge in [-0.15, -0.1) is 0 Å². The van der Waals surface area contributed by atoms with Gasteiger partial charge in [0, 0.05) is 6.92 Å². The normalized spacial score (nSPS) is 16.6. The van der Waals surface area contributed by atoms with Crippen molar-refractivity contribution in [3.8, 4) is 0 Å². The van der Waals surface area contributed by atoms with E-state index in [9.17, 15) is 13.5 Å². The Morgan fingerprint density at radius 3 is 2.06 bits per heavy atom. The standard InChI is InChI=1S/C11H17NO4S/c1-11(13,12(2,3)4)9-7-5-6-8-10(9)17(14,15)16/h5-8,13H,1-4H3/p+1. The monoisotopic (exact) mass is 260 g/mol. The lowest BCUT2D eigenvalue weighted by atomic mass is 10.0. The van der Waals surface area contributed by atoms with Crippen molar-refractivity contribution in [1.82, 2.24) is 0 Å². The first kappa shape index (κ1) is 14.1. The maximum Gasteiger partial charge on any atom is 0.295 e. The van der Waals surface area contributed by atoms with Crippen LogP contribution in [0, 0.1) is 0 Å². The smallest absolute Gasteiger partial charge is 0.295 e. The van der Waals surface area contributed by atoms with Crippen molar-refractivity contribution in [2.24, 2.45) is 0 Å². The zero-order valence-corrected chi connectivity index (χ0v) is 11.2. The molecule has 0 fully saturated rings. The van der Waals surface area contributed by atoms with Crippen LogP contribution in [0.25, 0.3) is 0 Å². The minimum absolute atomic E-state index is 0.111. The van der Waals surface area contributed by atoms with Crippen LogP contribution in [-0.2, 0) is 15.8 Å². The van der Waals surface area contributed by atoms with Gasteiger partial charge in [0.25, 0.3) is 10.1 Å². The number of aliphatic hydroxyl groups is 1. The first-order valence-corrected chi connectivity index (χ1v) is 6.53. The zero-order chi connectivity index (χ0) is 13.5. The lowest BCUT2D eigenvalue weighted by Crippen LogP contribution is -2.53. The van der Waals surface area contributed by atoms with Crippen LogP contribution in [0.15, 0.2) is 29.2 Å². The van der Waals surface area contributed by atoms with E-state index in [4.69, 9.17) is 4.55 Å². The van der Waals surface area contributed by atoms with Gasteiger partial charge in [-0.25, -0.2) is 0 Å². The second kappa shape index (κ2) is 4.06. The fraction of sp³-hybridized carbons (Fsp3) is 0.455. The molecule has 0 saturated carbocycles. The summed E-state index contributed by atoms with van der Waals surface area (Å²) in [5, 5.41) is 10.5. The van der Waals surface area contributed by atoms with Gasteiger partial charge in [0.15, 0.2) is 0 Å². The van der Waals surface area contributed by atoms with Gasteiger partial charge in [0.2, 0.25) is 5.72 Å². The molecule has 0 bridgehead atoms. The van der Waals surface area contributed by atoms with Crippen molar-refractivity contribution in [3.05, 3.63) is 29.8 Å². The van der Waals surface area contributed by atoms with Crippen molar-refractivity contribution in [1.29, 1.82) is 0 Å². The molecule has 0 amide bonds. The molecule has 0 radical (unpaired) electrons. The molecule has 0 aromatic heterocycles. The molecule has 1 aromatic carbocycles. The van der Waals surface area contributed by atoms with E-state index in [1.165, 1.54) is 25.1 Å². The summed E-state index contributed by atoms with van der Waals surface area (Å²) in [6.45, 7) is 1.51. The van der Waals surface area contributed by atoms with Crippen LogP contribution in [0.1, 0.15) is 12.5 Å². The predicted molar refractivity (Wildman–Crippen MR) is 63.9 cm³/mol. The SMILES string of the molecule is CC(O)(c1ccccc1S(=O)(=O)O)[N+](C)(C)C. The molecule has 1 aromatic rings. The molecule has 0 saturated heterocycles. The molecule has 0 aliphatic heterocycles. The lowest BCUT2D eigenvalue weighted by Gasteiger charge is -2.40. The molecule has 0 spiro atoms. The van der Waals surface area contributed by atoms with Crippen LogP contribution in [0.2, 0.25) is 0 Å². The quantitative estimate of drug-likeness (QED) is 0.479. The Balaban J connectivity index is 3.54. The average Bonchev–Trinajstić information content (AvgIpc) is 2.14. The summed E-state index contributed by atoms with van der Waals surface area (Å²) in [5.74, 6) is 0. The molecule has 0 heterocycles. The third kappa shape index (κ3) is 2.66. The Kier molecular flexibility index (Phi) is 3.37. The molecule has 0 aliphatic carbocycles. The van der Waals surface area contributed by atoms with Gasteiger partial charge < -0.3 is 5.11 Å². The van der Waals surface area contributed by atoms with E-state index < -0.39 is 15.8 Å². The van der Waals surface area contributed by atoms with Crippen molar-refractivity contribution in [3.63, 3.8) is 0 Å². The molecule has 17 heavy (non-hydrogen) atoms. The van der Waals surface area contributed by atoms with E-state index in [0.29, 0.717) is 0 Å². The summed E-state index contributed by atoms with van der Waals surface area (Å²) < 4.78 is 31.8. The van der Waals surface area contributed by atoms with Crippen molar-refractivity contribution in [2.45, 2.75) is 17.5 Å². The summed E-state index contributed by atoms with van der Waals surface area (Å²) in [4.78, 5) is -0.266. The van der Waals surface area contributed by atoms with Gasteiger partial charge in [-0.3, -0.25) is 9.04 Å². The van der Waals surface area contributed by atoms with E-state index in [2.05, 4.69) is 0 Å². The van der Waals surface area contributed by atoms with Crippen LogP contribution in [-0.4, -0.2) is 43.7 Å². The topological polar surface area (TPSA) is 74.6 Å². The van der Waals surface area contributed by atoms with Gasteiger partial charge in [-0.2, -0.15) is 8.42 Å². The summed E-state index contributed by atoms with van der Waals surface area (Å²) in [6, 6.07) is 5.88. The summed E-state index contributed by atoms with van der Waals surface area (Å²) in [7, 11) is 0.864. The van der Waals surface area contributed by atoms with Crippen LogP contribution < -0.4 is 0 Å². The Morgan fingerprint density at radius 2 is 1.65 bits per heavy atom. The van der Waals surface area contributed by atoms with Crippen LogP contribution in [0.5, 0.6) is 0 Å². The summed E-state index contributed by atoms with van der Waals surface area (Å²) in [6.07, 6.45) is 0. The van der Waals surface area contributed by atoms with Gasteiger partial charge in [-0.05, 0) is 12.1 Å². The summed E-state index contributed by atoms with van der Waals surface area (Å²) in [5.41, 5.74) is -1.25.